The van der Waals surface area contributed by atoms with E-state index in [1.165, 1.54) is 32.1 Å². The molecule has 2 atom stereocenters. The Bertz CT molecular complexity index is 133. The summed E-state index contributed by atoms with van der Waals surface area (Å²) in [5.41, 5.74) is 0.805. The van der Waals surface area contributed by atoms with E-state index in [0.717, 1.165) is 17.3 Å². The lowest BCUT2D eigenvalue weighted by Crippen LogP contribution is -2.25. The molecule has 0 bridgehead atoms. The molecule has 0 saturated heterocycles. The second-order valence-electron chi connectivity index (χ2n) is 4.83. The topological polar surface area (TPSA) is 0 Å². The fraction of sp³-hybridized carbons (Fsp3) is 1.00. The molecule has 10 heavy (non-hydrogen) atoms. The van der Waals surface area contributed by atoms with Gasteiger partial charge in [-0.15, -0.1) is 0 Å². The molecule has 0 aliphatic heterocycles. The summed E-state index contributed by atoms with van der Waals surface area (Å²) in [5.74, 6) is 2.16. The minimum Gasteiger partial charge on any atom is -0.0622 e. The van der Waals surface area contributed by atoms with Crippen molar-refractivity contribution in [2.24, 2.45) is 17.3 Å². The molecule has 0 spiro atoms. The van der Waals surface area contributed by atoms with E-state index in [1.54, 1.807) is 0 Å². The van der Waals surface area contributed by atoms with E-state index in [0.29, 0.717) is 0 Å². The second-order valence-corrected chi connectivity index (χ2v) is 4.83. The molecule has 0 aromatic rings. The summed E-state index contributed by atoms with van der Waals surface area (Å²) in [6, 6.07) is 0. The summed E-state index contributed by atoms with van der Waals surface area (Å²) >= 11 is 0. The van der Waals surface area contributed by atoms with Crippen molar-refractivity contribution < 1.29 is 0 Å². The first-order chi connectivity index (χ1) is 4.70. The van der Waals surface area contributed by atoms with Crippen molar-refractivity contribution in [3.05, 3.63) is 0 Å². The van der Waals surface area contributed by atoms with Gasteiger partial charge in [0, 0.05) is 0 Å². The van der Waals surface area contributed by atoms with Crippen LogP contribution in [0.3, 0.4) is 0 Å². The smallest absolute Gasteiger partial charge is 0.0323 e. The molecule has 2 aliphatic carbocycles. The van der Waals surface area contributed by atoms with Crippen LogP contribution in [0.1, 0.15) is 46.0 Å². The minimum absolute atomic E-state index is 0.805. The minimum atomic E-state index is 0.805. The van der Waals surface area contributed by atoms with Gasteiger partial charge in [-0.05, 0) is 42.9 Å². The molecule has 2 rings (SSSR count). The van der Waals surface area contributed by atoms with E-state index in [2.05, 4.69) is 13.8 Å². The van der Waals surface area contributed by atoms with Gasteiger partial charge in [-0.3, -0.25) is 0 Å². The number of hydrogen-bond donors (Lipinski definition) is 0. The summed E-state index contributed by atoms with van der Waals surface area (Å²) in [7, 11) is 0. The fourth-order valence-corrected chi connectivity index (χ4v) is 2.09. The van der Waals surface area contributed by atoms with Crippen LogP contribution in [0.2, 0.25) is 0 Å². The van der Waals surface area contributed by atoms with Crippen molar-refractivity contribution in [2.45, 2.75) is 46.0 Å². The van der Waals surface area contributed by atoms with Gasteiger partial charge in [-0.1, -0.05) is 20.3 Å². The summed E-state index contributed by atoms with van der Waals surface area (Å²) < 4.78 is 0. The zero-order valence-corrected chi connectivity index (χ0v) is 7.19. The zero-order chi connectivity index (χ0) is 7.19. The maximum absolute atomic E-state index is 2.46. The van der Waals surface area contributed by atoms with Gasteiger partial charge in [0.1, 0.15) is 0 Å². The van der Waals surface area contributed by atoms with Crippen LogP contribution in [-0.4, -0.2) is 0 Å². The van der Waals surface area contributed by atoms with Gasteiger partial charge in [0.15, 0.2) is 0 Å². The maximum Gasteiger partial charge on any atom is -0.0323 e. The maximum atomic E-state index is 2.46. The van der Waals surface area contributed by atoms with E-state index in [1.807, 2.05) is 0 Å². The predicted octanol–water partition coefficient (Wildman–Crippen LogP) is 3.22. The molecule has 0 heterocycles. The molecular formula is C10H18. The Hall–Kier alpha value is 0. The van der Waals surface area contributed by atoms with E-state index < -0.39 is 0 Å². The molecule has 58 valence electrons. The monoisotopic (exact) mass is 138 g/mol. The molecule has 0 radical (unpaired) electrons. The molecule has 0 N–H and O–H groups in total. The van der Waals surface area contributed by atoms with Crippen LogP contribution in [0.25, 0.3) is 0 Å². The highest BCUT2D eigenvalue weighted by atomic mass is 14.5. The summed E-state index contributed by atoms with van der Waals surface area (Å²) in [4.78, 5) is 0. The van der Waals surface area contributed by atoms with Crippen molar-refractivity contribution >= 4 is 0 Å². The first kappa shape index (κ1) is 6.69. The van der Waals surface area contributed by atoms with E-state index >= 15 is 0 Å². The predicted molar refractivity (Wildman–Crippen MR) is 43.8 cm³/mol. The Labute approximate surface area is 64.0 Å². The third kappa shape index (κ3) is 1.09. The average Bonchev–Trinajstić information content (AvgIpc) is 2.61. The first-order valence-electron chi connectivity index (χ1n) is 4.70. The van der Waals surface area contributed by atoms with Gasteiger partial charge < -0.3 is 0 Å². The average molecular weight is 138 g/mol. The molecule has 2 fully saturated rings. The van der Waals surface area contributed by atoms with Crippen molar-refractivity contribution in [3.63, 3.8) is 0 Å². The number of rotatable bonds is 2. The van der Waals surface area contributed by atoms with Gasteiger partial charge in [0.05, 0.1) is 0 Å². The van der Waals surface area contributed by atoms with Crippen molar-refractivity contribution in [2.75, 3.05) is 0 Å². The van der Waals surface area contributed by atoms with E-state index in [4.69, 9.17) is 0 Å². The summed E-state index contributed by atoms with van der Waals surface area (Å²) in [6.45, 7) is 4.87. The van der Waals surface area contributed by atoms with Gasteiger partial charge in [-0.25, -0.2) is 0 Å². The Kier molecular flexibility index (Phi) is 1.33. The highest BCUT2D eigenvalue weighted by Gasteiger charge is 2.42. The normalized spacial score (nSPS) is 42.6. The van der Waals surface area contributed by atoms with Crippen LogP contribution < -0.4 is 0 Å². The molecule has 0 aromatic carbocycles. The van der Waals surface area contributed by atoms with Crippen molar-refractivity contribution in [1.82, 2.24) is 0 Å². The Morgan fingerprint density at radius 3 is 2.30 bits per heavy atom. The lowest BCUT2D eigenvalue weighted by atomic mass is 9.70. The summed E-state index contributed by atoms with van der Waals surface area (Å²) in [5, 5.41) is 0. The third-order valence-electron chi connectivity index (χ3n) is 3.66. The molecule has 0 nitrogen and oxygen atoms in total. The molecule has 0 heteroatoms. The Morgan fingerprint density at radius 1 is 1.30 bits per heavy atom. The third-order valence-corrected chi connectivity index (χ3v) is 3.66. The van der Waals surface area contributed by atoms with Crippen LogP contribution in [0.4, 0.5) is 0 Å². The first-order valence-corrected chi connectivity index (χ1v) is 4.70. The highest BCUT2D eigenvalue weighted by Crippen LogP contribution is 2.54. The highest BCUT2D eigenvalue weighted by molar-refractivity contribution is 4.93. The Morgan fingerprint density at radius 2 is 2.00 bits per heavy atom. The van der Waals surface area contributed by atoms with Crippen LogP contribution in [-0.2, 0) is 0 Å². The zero-order valence-electron chi connectivity index (χ0n) is 7.19. The molecule has 2 aliphatic rings. The molecule has 0 aromatic heterocycles. The second kappa shape index (κ2) is 1.99. The molecule has 0 amide bonds. The summed E-state index contributed by atoms with van der Waals surface area (Å²) in [6.07, 6.45) is 7.58. The van der Waals surface area contributed by atoms with Crippen LogP contribution >= 0.6 is 0 Å². The lowest BCUT2D eigenvalue weighted by molar-refractivity contribution is 0.154. The van der Waals surface area contributed by atoms with Crippen LogP contribution in [0.15, 0.2) is 0 Å². The number of hydrogen-bond acceptors (Lipinski definition) is 0. The van der Waals surface area contributed by atoms with E-state index in [-0.39, 0.29) is 0 Å². The van der Waals surface area contributed by atoms with Gasteiger partial charge in [0.25, 0.3) is 0 Å². The van der Waals surface area contributed by atoms with Crippen LogP contribution in [0, 0.1) is 17.3 Å². The standard InChI is InChI=1S/C10H18/c1-8-3-4-9(8)7-10(2)5-6-10/h8-9H,3-7H2,1-2H3. The van der Waals surface area contributed by atoms with Gasteiger partial charge in [-0.2, -0.15) is 0 Å². The van der Waals surface area contributed by atoms with Crippen LogP contribution in [0.5, 0.6) is 0 Å². The molecular weight excluding hydrogens is 120 g/mol. The van der Waals surface area contributed by atoms with E-state index in [9.17, 15) is 0 Å². The Balaban J connectivity index is 1.80. The quantitative estimate of drug-likeness (QED) is 0.549. The molecule has 2 saturated carbocycles. The lowest BCUT2D eigenvalue weighted by Gasteiger charge is -2.35. The largest absolute Gasteiger partial charge is 0.0622 e. The van der Waals surface area contributed by atoms with Crippen molar-refractivity contribution in [1.29, 1.82) is 0 Å². The van der Waals surface area contributed by atoms with Gasteiger partial charge >= 0.3 is 0 Å². The SMILES string of the molecule is CC1CCC1CC1(C)CC1. The molecule has 2 unspecified atom stereocenters. The van der Waals surface area contributed by atoms with Crippen molar-refractivity contribution in [3.8, 4) is 0 Å². The van der Waals surface area contributed by atoms with Gasteiger partial charge in [0.2, 0.25) is 0 Å². The fourth-order valence-electron chi connectivity index (χ4n) is 2.09.